The van der Waals surface area contributed by atoms with E-state index in [1.54, 1.807) is 62.0 Å². The van der Waals surface area contributed by atoms with Gasteiger partial charge in [-0.05, 0) is 48.4 Å². The van der Waals surface area contributed by atoms with Crippen LogP contribution in [-0.2, 0) is 23.0 Å². The molecule has 0 aliphatic carbocycles. The lowest BCUT2D eigenvalue weighted by atomic mass is 9.95. The zero-order chi connectivity index (χ0) is 34.3. The van der Waals surface area contributed by atoms with Crippen LogP contribution in [0.25, 0.3) is 32.9 Å². The highest BCUT2D eigenvalue weighted by Gasteiger charge is 2.45. The number of hydrogen-bond acceptors (Lipinski definition) is 7. The van der Waals surface area contributed by atoms with Crippen LogP contribution in [0.4, 0.5) is 23.2 Å². The fraction of sp³-hybridized carbons (Fsp3) is 0.265. The van der Waals surface area contributed by atoms with Crippen molar-refractivity contribution in [3.63, 3.8) is 0 Å². The van der Waals surface area contributed by atoms with Crippen molar-refractivity contribution < 1.29 is 37.0 Å². The number of hydrogen-bond donors (Lipinski definition) is 2. The molecule has 0 bridgehead atoms. The smallest absolute Gasteiger partial charge is 0.411 e. The van der Waals surface area contributed by atoms with Crippen molar-refractivity contribution in [2.24, 2.45) is 7.05 Å². The standard InChI is InChI=1S/C34H29F4N5O5/c1-18-12-21(43-10-11-48-17-28(43)34(36,37)38)15-25(35)29(18)31(44)41-26(33(46)47)14-19-5-6-23(30-22(19)4-3-8-40-30)24-13-20-16-39-9-7-27(20)42(2)32(24)45/h3-9,12-13,15-16,26,28H,10-11,14,17H2,1-2H3,(H,41,44)(H,46,47)/t26-,28+/m0/s1. The summed E-state index contributed by atoms with van der Waals surface area (Å²) in [6.45, 7) is 0.626. The number of rotatable bonds is 7. The van der Waals surface area contributed by atoms with E-state index in [4.69, 9.17) is 4.74 Å². The van der Waals surface area contributed by atoms with E-state index in [1.807, 2.05) is 0 Å². The molecule has 4 heterocycles. The van der Waals surface area contributed by atoms with Crippen molar-refractivity contribution in [3.05, 3.63) is 100.0 Å². The van der Waals surface area contributed by atoms with Gasteiger partial charge in [0.15, 0.2) is 0 Å². The number of aromatic nitrogens is 3. The summed E-state index contributed by atoms with van der Waals surface area (Å²) >= 11 is 0. The Balaban J connectivity index is 1.30. The molecule has 0 spiro atoms. The number of nitrogens with zero attached hydrogens (tertiary/aromatic N) is 4. The zero-order valence-corrected chi connectivity index (χ0v) is 25.7. The fourth-order valence-corrected chi connectivity index (χ4v) is 6.16. The van der Waals surface area contributed by atoms with E-state index in [0.29, 0.717) is 33.1 Å². The van der Waals surface area contributed by atoms with E-state index in [-0.39, 0.29) is 36.4 Å². The molecule has 1 aliphatic rings. The van der Waals surface area contributed by atoms with Crippen molar-refractivity contribution >= 4 is 39.4 Å². The van der Waals surface area contributed by atoms with E-state index in [0.717, 1.165) is 16.4 Å². The third-order valence-electron chi connectivity index (χ3n) is 8.54. The highest BCUT2D eigenvalue weighted by molar-refractivity contribution is 6.00. The normalized spacial score (nSPS) is 15.9. The summed E-state index contributed by atoms with van der Waals surface area (Å²) in [5.41, 5.74) is 1.71. The van der Waals surface area contributed by atoms with Gasteiger partial charge in [0.1, 0.15) is 17.9 Å². The van der Waals surface area contributed by atoms with Gasteiger partial charge >= 0.3 is 12.1 Å². The molecule has 5 aromatic rings. The predicted molar refractivity (Wildman–Crippen MR) is 169 cm³/mol. The summed E-state index contributed by atoms with van der Waals surface area (Å²) in [6, 6.07) is 8.74. The van der Waals surface area contributed by atoms with Gasteiger partial charge in [0.05, 0.1) is 35.4 Å². The maximum Gasteiger partial charge on any atom is 0.411 e. The summed E-state index contributed by atoms with van der Waals surface area (Å²) in [7, 11) is 1.65. The highest BCUT2D eigenvalue weighted by atomic mass is 19.4. The van der Waals surface area contributed by atoms with Crippen LogP contribution in [0.15, 0.2) is 71.9 Å². The van der Waals surface area contributed by atoms with Gasteiger partial charge in [-0.2, -0.15) is 13.2 Å². The first-order valence-electron chi connectivity index (χ1n) is 14.9. The highest BCUT2D eigenvalue weighted by Crippen LogP contribution is 2.33. The van der Waals surface area contributed by atoms with Gasteiger partial charge in [-0.15, -0.1) is 0 Å². The van der Waals surface area contributed by atoms with E-state index in [1.165, 1.54) is 17.6 Å². The number of ether oxygens (including phenoxy) is 1. The minimum atomic E-state index is -4.63. The number of carbonyl (C=O) groups excluding carboxylic acids is 1. The van der Waals surface area contributed by atoms with Crippen LogP contribution >= 0.6 is 0 Å². The molecule has 0 radical (unpaired) electrons. The van der Waals surface area contributed by atoms with Crippen molar-refractivity contribution in [3.8, 4) is 11.1 Å². The fourth-order valence-electron chi connectivity index (χ4n) is 6.16. The van der Waals surface area contributed by atoms with Crippen LogP contribution in [0.3, 0.4) is 0 Å². The van der Waals surface area contributed by atoms with Gasteiger partial charge in [0.2, 0.25) is 0 Å². The number of morpholine rings is 1. The molecule has 6 rings (SSSR count). The van der Waals surface area contributed by atoms with Crippen molar-refractivity contribution in [1.29, 1.82) is 0 Å². The average Bonchev–Trinajstić information content (AvgIpc) is 3.05. The molecule has 1 saturated heterocycles. The van der Waals surface area contributed by atoms with Gasteiger partial charge < -0.3 is 24.6 Å². The maximum absolute atomic E-state index is 15.4. The summed E-state index contributed by atoms with van der Waals surface area (Å²) in [5.74, 6) is -3.52. The first-order valence-corrected chi connectivity index (χ1v) is 14.9. The van der Waals surface area contributed by atoms with E-state index >= 15 is 4.39 Å². The Morgan fingerprint density at radius 3 is 2.65 bits per heavy atom. The van der Waals surface area contributed by atoms with Crippen LogP contribution in [0.5, 0.6) is 0 Å². The molecule has 3 aromatic heterocycles. The Morgan fingerprint density at radius 2 is 1.92 bits per heavy atom. The number of benzene rings is 2. The average molecular weight is 664 g/mol. The topological polar surface area (TPSA) is 127 Å². The summed E-state index contributed by atoms with van der Waals surface area (Å²) in [4.78, 5) is 48.6. The summed E-state index contributed by atoms with van der Waals surface area (Å²) in [6.07, 6.45) is -0.0726. The van der Waals surface area contributed by atoms with Gasteiger partial charge in [0, 0.05) is 60.6 Å². The quantitative estimate of drug-likeness (QED) is 0.238. The number of carboxylic acid groups (broad SMARTS) is 1. The Hall–Kier alpha value is -5.37. The van der Waals surface area contributed by atoms with Gasteiger partial charge in [-0.1, -0.05) is 18.2 Å². The lowest BCUT2D eigenvalue weighted by Crippen LogP contribution is -2.53. The lowest BCUT2D eigenvalue weighted by Gasteiger charge is -2.38. The van der Waals surface area contributed by atoms with E-state index < -0.39 is 48.1 Å². The number of pyridine rings is 3. The molecule has 48 heavy (non-hydrogen) atoms. The number of aliphatic carboxylic acids is 1. The number of amides is 1. The SMILES string of the molecule is Cc1cc(N2CCOC[C@@H]2C(F)(F)F)cc(F)c1C(=O)N[C@@H](Cc1ccc(-c2cc3cnccc3n(C)c2=O)c2ncccc12)C(=O)O. The largest absolute Gasteiger partial charge is 0.480 e. The van der Waals surface area contributed by atoms with Crippen molar-refractivity contribution in [1.82, 2.24) is 19.9 Å². The van der Waals surface area contributed by atoms with Crippen LogP contribution < -0.4 is 15.8 Å². The number of alkyl halides is 3. The van der Waals surface area contributed by atoms with Crippen LogP contribution in [0.2, 0.25) is 0 Å². The lowest BCUT2D eigenvalue weighted by molar-refractivity contribution is -0.167. The Labute approximate surface area is 270 Å². The number of anilines is 1. The minimum Gasteiger partial charge on any atom is -0.480 e. The van der Waals surface area contributed by atoms with Gasteiger partial charge in [-0.25, -0.2) is 9.18 Å². The van der Waals surface area contributed by atoms with Crippen molar-refractivity contribution in [2.75, 3.05) is 24.7 Å². The van der Waals surface area contributed by atoms with Gasteiger partial charge in [0.25, 0.3) is 11.5 Å². The molecule has 14 heteroatoms. The molecule has 0 saturated carbocycles. The number of halogens is 4. The van der Waals surface area contributed by atoms with E-state index in [2.05, 4.69) is 15.3 Å². The number of aryl methyl sites for hydroxylation is 2. The first-order chi connectivity index (χ1) is 22.8. The number of fused-ring (bicyclic) bond motifs is 2. The molecule has 0 unspecified atom stereocenters. The molecule has 1 aliphatic heterocycles. The van der Waals surface area contributed by atoms with Crippen molar-refractivity contribution in [2.45, 2.75) is 31.6 Å². The Kier molecular flexibility index (Phi) is 8.60. The Bertz CT molecular complexity index is 2110. The number of carbonyl (C=O) groups is 2. The van der Waals surface area contributed by atoms with E-state index in [9.17, 15) is 32.7 Å². The molecule has 1 amide bonds. The molecule has 1 fully saturated rings. The first kappa shape index (κ1) is 32.6. The predicted octanol–water partition coefficient (Wildman–Crippen LogP) is 4.79. The van der Waals surface area contributed by atoms with Crippen LogP contribution in [0, 0.1) is 12.7 Å². The molecule has 2 aromatic carbocycles. The molecule has 2 atom stereocenters. The third kappa shape index (κ3) is 6.06. The molecular formula is C34H29F4N5O5. The number of nitrogens with one attached hydrogen (secondary N) is 1. The molecule has 10 nitrogen and oxygen atoms in total. The zero-order valence-electron chi connectivity index (χ0n) is 25.7. The summed E-state index contributed by atoms with van der Waals surface area (Å²) < 4.78 is 62.8. The second kappa shape index (κ2) is 12.7. The molecule has 2 N–H and O–H groups in total. The third-order valence-corrected chi connectivity index (χ3v) is 8.54. The molecule has 248 valence electrons. The minimum absolute atomic E-state index is 0.0113. The number of carboxylic acids is 1. The van der Waals surface area contributed by atoms with Crippen LogP contribution in [-0.4, -0.2) is 69.5 Å². The Morgan fingerprint density at radius 1 is 1.12 bits per heavy atom. The summed E-state index contributed by atoms with van der Waals surface area (Å²) in [5, 5.41) is 13.7. The maximum atomic E-state index is 15.4. The molecular weight excluding hydrogens is 634 g/mol. The van der Waals surface area contributed by atoms with Gasteiger partial charge in [-0.3, -0.25) is 19.6 Å². The second-order valence-electron chi connectivity index (χ2n) is 11.5. The second-order valence-corrected chi connectivity index (χ2v) is 11.5. The monoisotopic (exact) mass is 663 g/mol. The van der Waals surface area contributed by atoms with Crippen LogP contribution in [0.1, 0.15) is 21.5 Å².